The number of aliphatic hydroxyl groups excluding tert-OH is 10. The topological polar surface area (TPSA) is 589 Å². The first-order chi connectivity index (χ1) is 56.6. The largest absolute Gasteiger partial charge is 0.394 e. The Labute approximate surface area is 678 Å². The Morgan fingerprint density at radius 1 is 0.458 bits per heavy atom. The summed E-state index contributed by atoms with van der Waals surface area (Å²) in [5.74, 6) is -5.35. The highest BCUT2D eigenvalue weighted by Crippen LogP contribution is 2.41. The van der Waals surface area contributed by atoms with Gasteiger partial charge in [0.1, 0.15) is 122 Å². The van der Waals surface area contributed by atoms with E-state index >= 15 is 0 Å². The van der Waals surface area contributed by atoms with E-state index in [4.69, 9.17) is 56.8 Å². The lowest BCUT2D eigenvalue weighted by atomic mass is 9.83. The van der Waals surface area contributed by atoms with Crippen molar-refractivity contribution in [2.45, 2.75) is 314 Å². The molecule has 0 radical (unpaired) electrons. The van der Waals surface area contributed by atoms with Crippen LogP contribution in [0.4, 0.5) is 0 Å². The van der Waals surface area contributed by atoms with Crippen LogP contribution in [0, 0.1) is 17.8 Å². The molecule has 118 heavy (non-hydrogen) atoms. The molecule has 41 nitrogen and oxygen atoms in total. The third kappa shape index (κ3) is 22.7. The van der Waals surface area contributed by atoms with Crippen molar-refractivity contribution in [1.29, 1.82) is 0 Å². The molecule has 6 aliphatic heterocycles. The third-order valence-corrected chi connectivity index (χ3v) is 24.6. The Balaban J connectivity index is 0.778. The Hall–Kier alpha value is -6.50. The predicted molar refractivity (Wildman–Crippen MR) is 402 cm³/mol. The number of aromatic amines is 4. The third-order valence-electron chi connectivity index (χ3n) is 24.6. The molecule has 2 aromatic rings. The Morgan fingerprint density at radius 3 is 1.33 bits per heavy atom. The summed E-state index contributed by atoms with van der Waals surface area (Å²) < 4.78 is 76.4. The molecular weight excluding hydrogens is 1560 g/mol. The number of ketones is 1. The number of hydrogen-bond donors (Lipinski definition) is 17. The monoisotopic (exact) mass is 1680 g/mol. The highest BCUT2D eigenvalue weighted by Gasteiger charge is 2.56. The Kier molecular flexibility index (Phi) is 32.3. The van der Waals surface area contributed by atoms with Crippen molar-refractivity contribution in [2.75, 3.05) is 65.8 Å². The standard InChI is InChI=1S/C77H117N9O32/c1-36-56(93)60(97)62(99)74(109-36)117-65-42(78-68(101)44-30-52(90)83-76(105)80-44)17-9-19-46(65)113-72-41(64(58(95)50(32-87)115-72)111-48(70(103)85-21-11-22-85)27-38-13-5-3-6-14-38)29-40(89)34-107-25-26-108-35-54(92)82-55-67(112-49(71(104)86-23-12-24-86)28-39-15-7-4-8-16-39)59(96)51(33-88)116-73(55)114-47-20-10-18-43(79-69(102)45-31-53(91)84-77(106)81-45)66(47)118-75-63(100)61(98)57(94)37(2)110-75/h30-31,36-39,41-43,46-51,55-67,72-75,87-88,93-100H,3-29,32-35H2,1-2H3,(H,78,101)(H,79,102)(H,82,92)(H2,80,83,90,105)(H2,81,84,91,106)/t36-,37-,41+,42-,43-,46+,47+,48-,49-,50+,51+,55+,56+,57+,58-,59-,60+,61+,62-,63-,64+,65+,66+,67+,72+,73+,74-,75-/m0/s1. The van der Waals surface area contributed by atoms with Gasteiger partial charge < -0.3 is 144 Å². The van der Waals surface area contributed by atoms with Gasteiger partial charge in [-0.3, -0.25) is 48.3 Å². The van der Waals surface area contributed by atoms with Crippen LogP contribution >= 0.6 is 0 Å². The Bertz CT molecular complexity index is 3590. The second-order valence-corrected chi connectivity index (χ2v) is 33.0. The van der Waals surface area contributed by atoms with Gasteiger partial charge in [-0.15, -0.1) is 0 Å². The highest BCUT2D eigenvalue weighted by atomic mass is 16.7. The van der Waals surface area contributed by atoms with Crippen LogP contribution in [0.2, 0.25) is 0 Å². The van der Waals surface area contributed by atoms with Crippen molar-refractivity contribution < 1.29 is 137 Å². The molecule has 4 saturated carbocycles. The number of nitrogens with one attached hydrogen (secondary N) is 7. The number of nitrogens with zero attached hydrogens (tertiary/aromatic N) is 2. The lowest BCUT2D eigenvalue weighted by molar-refractivity contribution is -0.340. The minimum absolute atomic E-state index is 0.0376. The molecule has 0 spiro atoms. The molecule has 10 aliphatic rings. The molecule has 662 valence electrons. The van der Waals surface area contributed by atoms with E-state index in [9.17, 15) is 99.0 Å². The van der Waals surface area contributed by atoms with Crippen LogP contribution in [-0.4, -0.2) is 347 Å². The number of ether oxygens (including phenoxy) is 12. The second kappa shape index (κ2) is 42.1. The highest BCUT2D eigenvalue weighted by molar-refractivity contribution is 5.93. The quantitative estimate of drug-likeness (QED) is 0.0292. The molecule has 2 aromatic heterocycles. The van der Waals surface area contributed by atoms with Crippen molar-refractivity contribution >= 4 is 35.3 Å². The minimum Gasteiger partial charge on any atom is -0.394 e. The van der Waals surface area contributed by atoms with Gasteiger partial charge in [0, 0.05) is 50.7 Å². The average Bonchev–Trinajstić information content (AvgIpc) is 0.775. The van der Waals surface area contributed by atoms with E-state index in [0.29, 0.717) is 26.2 Å². The van der Waals surface area contributed by atoms with Gasteiger partial charge >= 0.3 is 11.4 Å². The van der Waals surface area contributed by atoms with E-state index in [1.807, 2.05) is 9.97 Å². The summed E-state index contributed by atoms with van der Waals surface area (Å²) in [6.07, 6.45) is -25.3. The maximum Gasteiger partial charge on any atom is 0.326 e. The zero-order valence-corrected chi connectivity index (χ0v) is 66.2. The molecule has 6 saturated heterocycles. The molecule has 0 aromatic carbocycles. The first-order valence-electron chi connectivity index (χ1n) is 41.7. The number of rotatable bonds is 34. The van der Waals surface area contributed by atoms with Crippen molar-refractivity contribution in [3.05, 3.63) is 65.2 Å². The van der Waals surface area contributed by atoms with Crippen LogP contribution in [0.15, 0.2) is 31.3 Å². The van der Waals surface area contributed by atoms with Gasteiger partial charge in [0.05, 0.1) is 69.0 Å². The molecule has 28 atom stereocenters. The van der Waals surface area contributed by atoms with Gasteiger partial charge in [0.2, 0.25) is 5.91 Å². The van der Waals surface area contributed by atoms with Gasteiger partial charge in [0.25, 0.3) is 34.7 Å². The molecule has 5 amide bonds. The summed E-state index contributed by atoms with van der Waals surface area (Å²) in [7, 11) is 0. The molecule has 17 N–H and O–H groups in total. The van der Waals surface area contributed by atoms with Crippen molar-refractivity contribution in [3.8, 4) is 0 Å². The van der Waals surface area contributed by atoms with Crippen LogP contribution in [0.25, 0.3) is 0 Å². The first kappa shape index (κ1) is 90.7. The normalized spacial score (nSPS) is 36.2. The summed E-state index contributed by atoms with van der Waals surface area (Å²) in [4.78, 5) is 147. The van der Waals surface area contributed by atoms with Crippen molar-refractivity contribution in [1.82, 2.24) is 45.7 Å². The van der Waals surface area contributed by atoms with Crippen molar-refractivity contribution in [3.63, 3.8) is 0 Å². The molecule has 8 heterocycles. The van der Waals surface area contributed by atoms with E-state index in [-0.39, 0.29) is 88.2 Å². The summed E-state index contributed by atoms with van der Waals surface area (Å²) >= 11 is 0. The van der Waals surface area contributed by atoms with Crippen LogP contribution in [0.5, 0.6) is 0 Å². The zero-order valence-electron chi connectivity index (χ0n) is 66.2. The number of carbonyl (C=O) groups is 6. The minimum atomic E-state index is -1.88. The SMILES string of the molecule is C[C@@H]1O[C@@H](O[C@@H]2[C@@H](NC(=O)c3cc(=O)[nH]c(=O)[nH]3)CCC[C@H]2O[C@@H]2O[C@H](CO)[C@H](O)[C@H](O[C@@H](CC3CCCCC3)C(=O)N3CCC3)[C@H]2CC(=O)COCCOCC(=O)N[C@H]2[C@H](O[C@@H]3CCC[C@H](NC(=O)c4cc(=O)[nH]c(=O)[nH]4)[C@H]3O[C@@H]3O[C@@H](C)[C@@H](O)[C@@H](O)[C@@H]3O)O[C@H](CO)[C@H](O)[C@@H]2O[C@@H](CC2CCCCC2)C(=O)N2CCC2)[C@@H](O)[C@H](O)[C@@H]1O. The number of aromatic nitrogens is 4. The molecule has 41 heteroatoms. The number of aliphatic hydroxyl groups is 10. The average molecular weight is 1680 g/mol. The van der Waals surface area contributed by atoms with Gasteiger partial charge in [-0.1, -0.05) is 64.2 Å². The van der Waals surface area contributed by atoms with E-state index in [1.165, 1.54) is 13.8 Å². The molecule has 4 aliphatic carbocycles. The Morgan fingerprint density at radius 2 is 0.890 bits per heavy atom. The van der Waals surface area contributed by atoms with E-state index in [0.717, 1.165) is 89.2 Å². The molecular formula is C77H117N9O32. The number of amides is 5. The van der Waals surface area contributed by atoms with Gasteiger partial charge in [0.15, 0.2) is 30.9 Å². The molecule has 0 unspecified atom stereocenters. The summed E-state index contributed by atoms with van der Waals surface area (Å²) in [5.41, 5.74) is -4.62. The number of Topliss-reactive ketones (excluding diaryl/α,β-unsaturated/α-hetero) is 1. The number of carbonyl (C=O) groups excluding carboxylic acids is 6. The fourth-order valence-electron chi connectivity index (χ4n) is 17.7. The number of hydrogen-bond acceptors (Lipinski definition) is 32. The molecule has 10 fully saturated rings. The molecule has 12 rings (SSSR count). The van der Waals surface area contributed by atoms with E-state index in [1.54, 1.807) is 9.80 Å². The number of likely N-dealkylation sites (tertiary alicyclic amines) is 2. The van der Waals surface area contributed by atoms with Gasteiger partial charge in [-0.25, -0.2) is 9.59 Å². The van der Waals surface area contributed by atoms with Crippen LogP contribution in [-0.2, 0) is 76.0 Å². The maximum atomic E-state index is 14.7. The van der Waals surface area contributed by atoms with Crippen LogP contribution in [0.3, 0.4) is 0 Å². The van der Waals surface area contributed by atoms with Gasteiger partial charge in [-0.2, -0.15) is 0 Å². The number of H-pyrrole nitrogens is 4. The van der Waals surface area contributed by atoms with Crippen LogP contribution in [0.1, 0.15) is 170 Å². The lowest BCUT2D eigenvalue weighted by Gasteiger charge is -2.49. The summed E-state index contributed by atoms with van der Waals surface area (Å²) in [5, 5.41) is 121. The molecule has 0 bridgehead atoms. The zero-order chi connectivity index (χ0) is 84.2. The van der Waals surface area contributed by atoms with E-state index in [2.05, 4.69) is 25.9 Å². The van der Waals surface area contributed by atoms with Crippen LogP contribution < -0.4 is 38.4 Å². The predicted octanol–water partition coefficient (Wildman–Crippen LogP) is -4.94. The smallest absolute Gasteiger partial charge is 0.326 e. The fourth-order valence-corrected chi connectivity index (χ4v) is 17.7. The van der Waals surface area contributed by atoms with Crippen molar-refractivity contribution in [2.24, 2.45) is 17.8 Å². The first-order valence-corrected chi connectivity index (χ1v) is 41.7. The van der Waals surface area contributed by atoms with E-state index < -0.39 is 262 Å². The summed E-state index contributed by atoms with van der Waals surface area (Å²) in [6.45, 7) is 0.826. The second-order valence-electron chi connectivity index (χ2n) is 33.0. The lowest BCUT2D eigenvalue weighted by Crippen LogP contribution is -2.68. The summed E-state index contributed by atoms with van der Waals surface area (Å²) in [6, 6.07) is -2.10. The fraction of sp³-hybridized carbons (Fsp3) is 0.818. The van der Waals surface area contributed by atoms with Gasteiger partial charge in [-0.05, 0) is 89.9 Å². The maximum absolute atomic E-state index is 14.7.